The van der Waals surface area contributed by atoms with Gasteiger partial charge in [-0.25, -0.2) is 9.97 Å². The van der Waals surface area contributed by atoms with Crippen LogP contribution in [0, 0.1) is 0 Å². The zero-order valence-corrected chi connectivity index (χ0v) is 78.2. The number of para-hydroxylation sites is 7. The Kier molecular flexibility index (Phi) is 17.8. The number of thiophene rings is 2. The Morgan fingerprint density at radius 1 is 0.176 bits per heavy atom. The van der Waals surface area contributed by atoms with E-state index in [0.717, 1.165) is 55.1 Å². The highest BCUT2D eigenvalue weighted by atomic mass is 32.1. The van der Waals surface area contributed by atoms with Crippen molar-refractivity contribution in [1.29, 1.82) is 0 Å². The largest absolute Gasteiger partial charge is 0.456 e. The topological polar surface area (TPSA) is 53.7 Å². The molecule has 0 unspecified atom stereocenters. The minimum absolute atomic E-state index is 0.667. The number of hydrogen-bond donors (Lipinski definition) is 0. The molecule has 658 valence electrons. The number of benzene rings is 25. The van der Waals surface area contributed by atoms with E-state index >= 15 is 0 Å². The first-order valence-electron chi connectivity index (χ1n) is 48.6. The van der Waals surface area contributed by atoms with E-state index in [2.05, 4.69) is 481 Å². The third-order valence-corrected chi connectivity index (χ3v) is 32.2. The highest BCUT2D eigenvalue weighted by molar-refractivity contribution is 7.26. The third-order valence-electron chi connectivity index (χ3n) is 29.9. The molecule has 25 aromatic carbocycles. The Morgan fingerprint density at radius 2 is 0.486 bits per heavy atom. The molecule has 0 amide bonds. The molecule has 32 rings (SSSR count). The van der Waals surface area contributed by atoms with Crippen molar-refractivity contribution in [3.05, 3.63) is 479 Å². The Labute approximate surface area is 821 Å². The average molecular weight is 1840 g/mol. The fraction of sp³-hybridized carbons (Fsp3) is 0. The molecule has 0 aliphatic rings. The van der Waals surface area contributed by atoms with Crippen molar-refractivity contribution in [1.82, 2.24) is 23.7 Å². The monoisotopic (exact) mass is 1840 g/mol. The summed E-state index contributed by atoms with van der Waals surface area (Å²) in [5.74, 6) is 0.667. The van der Waals surface area contributed by atoms with Crippen molar-refractivity contribution in [2.24, 2.45) is 0 Å². The van der Waals surface area contributed by atoms with Gasteiger partial charge in [0.2, 0.25) is 5.95 Å². The second kappa shape index (κ2) is 31.7. The molecule has 0 N–H and O–H groups in total. The van der Waals surface area contributed by atoms with Crippen LogP contribution in [0.4, 0.5) is 0 Å². The zero-order valence-electron chi connectivity index (χ0n) is 76.6. The average Bonchev–Trinajstić information content (AvgIpc) is 1.50. The predicted molar refractivity (Wildman–Crippen MR) is 608 cm³/mol. The number of aromatic nitrogens is 5. The molecule has 8 heteroatoms. The van der Waals surface area contributed by atoms with E-state index < -0.39 is 0 Å². The molecule has 0 radical (unpaired) electrons. The van der Waals surface area contributed by atoms with Crippen LogP contribution < -0.4 is 0 Å². The molecule has 142 heavy (non-hydrogen) atoms. The van der Waals surface area contributed by atoms with Gasteiger partial charge in [-0.1, -0.05) is 358 Å². The molecular weight excluding hydrogens is 1760 g/mol. The van der Waals surface area contributed by atoms with E-state index in [4.69, 9.17) is 14.4 Å². The molecule has 0 atom stereocenters. The summed E-state index contributed by atoms with van der Waals surface area (Å²) < 4.78 is 18.7. The van der Waals surface area contributed by atoms with Gasteiger partial charge in [-0.15, -0.1) is 22.7 Å². The van der Waals surface area contributed by atoms with Gasteiger partial charge >= 0.3 is 0 Å². The molecule has 0 spiro atoms. The minimum atomic E-state index is 0.667. The van der Waals surface area contributed by atoms with Crippen molar-refractivity contribution >= 4 is 258 Å². The van der Waals surface area contributed by atoms with E-state index in [1.165, 1.54) is 236 Å². The van der Waals surface area contributed by atoms with Crippen LogP contribution in [0.3, 0.4) is 0 Å². The quantitative estimate of drug-likeness (QED) is 0.149. The van der Waals surface area contributed by atoms with Crippen LogP contribution in [0.15, 0.2) is 484 Å². The summed E-state index contributed by atoms with van der Waals surface area (Å²) in [6, 6.07) is 174. The number of nitrogens with zero attached hydrogens (tertiary/aromatic N) is 5. The van der Waals surface area contributed by atoms with Crippen LogP contribution in [0.1, 0.15) is 0 Å². The van der Waals surface area contributed by atoms with Gasteiger partial charge in [0, 0.05) is 138 Å². The third kappa shape index (κ3) is 12.1. The molecule has 0 saturated carbocycles. The lowest BCUT2D eigenvalue weighted by atomic mass is 9.88. The van der Waals surface area contributed by atoms with E-state index in [1.807, 2.05) is 34.8 Å². The van der Waals surface area contributed by atoms with Crippen LogP contribution in [0.2, 0.25) is 0 Å². The van der Waals surface area contributed by atoms with E-state index in [9.17, 15) is 0 Å². The molecule has 0 saturated heterocycles. The summed E-state index contributed by atoms with van der Waals surface area (Å²) >= 11 is 3.74. The zero-order chi connectivity index (χ0) is 92.9. The lowest BCUT2D eigenvalue weighted by Gasteiger charge is -2.16. The van der Waals surface area contributed by atoms with Gasteiger partial charge in [-0.05, 0) is 219 Å². The molecular formula is C134H79N5OS2. The molecule has 0 bridgehead atoms. The van der Waals surface area contributed by atoms with Crippen molar-refractivity contribution in [3.8, 4) is 62.0 Å². The Morgan fingerprint density at radius 3 is 0.930 bits per heavy atom. The van der Waals surface area contributed by atoms with Gasteiger partial charge in [-0.2, -0.15) is 0 Å². The van der Waals surface area contributed by atoms with Gasteiger partial charge in [0.15, 0.2) is 0 Å². The Hall–Kier alpha value is -18.2. The SMILES string of the molecule is c1ccc(-c2nc(-n3c4ccccc4c4c5c6ccccc6c(-c6ccc7sc8ccccc8c7c6)cc5c5ccccc5c43)nc3ccccc23)cc1.c1ccc(-n2c3ccccc3c3c4c5ccccc5c(-c5ccc6oc7ccccc7c6c5)cc4c4ccccc4c32)cc1.c1ccc(-n2c3ccccc3c3c4c5ccccc5c(-c5ccc6sc7ccccc7c6c5)cc4c4ccccc4c32)cc1. The summed E-state index contributed by atoms with van der Waals surface area (Å²) in [5, 5.41) is 38.9. The minimum Gasteiger partial charge on any atom is -0.456 e. The highest BCUT2D eigenvalue weighted by Crippen LogP contribution is 2.54. The van der Waals surface area contributed by atoms with E-state index in [1.54, 1.807) is 0 Å². The first-order valence-corrected chi connectivity index (χ1v) is 50.2. The molecule has 0 aliphatic heterocycles. The van der Waals surface area contributed by atoms with Crippen LogP contribution in [0.5, 0.6) is 0 Å². The maximum Gasteiger partial charge on any atom is 0.235 e. The predicted octanol–water partition coefficient (Wildman–Crippen LogP) is 38.0. The number of rotatable bonds is 7. The summed E-state index contributed by atoms with van der Waals surface area (Å²) in [5.41, 5.74) is 21.7. The first kappa shape index (κ1) is 80.0. The van der Waals surface area contributed by atoms with Crippen molar-refractivity contribution in [2.75, 3.05) is 0 Å². The molecule has 7 heterocycles. The number of hydrogen-bond acceptors (Lipinski definition) is 5. The second-order valence-corrected chi connectivity index (χ2v) is 39.6. The van der Waals surface area contributed by atoms with E-state index in [0.29, 0.717) is 5.95 Å². The van der Waals surface area contributed by atoms with E-state index in [-0.39, 0.29) is 0 Å². The van der Waals surface area contributed by atoms with Gasteiger partial charge in [0.1, 0.15) is 11.2 Å². The second-order valence-electron chi connectivity index (χ2n) is 37.4. The molecule has 6 nitrogen and oxygen atoms in total. The maximum absolute atomic E-state index is 6.18. The Bertz CT molecular complexity index is 10600. The fourth-order valence-electron chi connectivity index (χ4n) is 23.9. The van der Waals surface area contributed by atoms with Gasteiger partial charge in [0.25, 0.3) is 0 Å². The molecule has 0 fully saturated rings. The smallest absolute Gasteiger partial charge is 0.235 e. The number of furan rings is 1. The van der Waals surface area contributed by atoms with Crippen molar-refractivity contribution in [3.63, 3.8) is 0 Å². The highest BCUT2D eigenvalue weighted by Gasteiger charge is 2.29. The molecule has 7 aromatic heterocycles. The lowest BCUT2D eigenvalue weighted by Crippen LogP contribution is -2.03. The summed E-state index contributed by atoms with van der Waals surface area (Å²) in [6.45, 7) is 0. The Balaban J connectivity index is 0.000000100. The molecule has 32 aromatic rings. The maximum atomic E-state index is 6.18. The lowest BCUT2D eigenvalue weighted by molar-refractivity contribution is 0.669. The van der Waals surface area contributed by atoms with Gasteiger partial charge < -0.3 is 13.6 Å². The van der Waals surface area contributed by atoms with Crippen molar-refractivity contribution in [2.45, 2.75) is 0 Å². The van der Waals surface area contributed by atoms with Crippen molar-refractivity contribution < 1.29 is 4.42 Å². The molecule has 0 aliphatic carbocycles. The van der Waals surface area contributed by atoms with Crippen LogP contribution in [0.25, 0.3) is 298 Å². The summed E-state index contributed by atoms with van der Waals surface area (Å²) in [4.78, 5) is 10.7. The van der Waals surface area contributed by atoms with Gasteiger partial charge in [0.05, 0.1) is 44.3 Å². The first-order chi connectivity index (χ1) is 70.5. The number of fused-ring (bicyclic) bond motifs is 40. The van der Waals surface area contributed by atoms with Crippen LogP contribution in [-0.2, 0) is 0 Å². The van der Waals surface area contributed by atoms with Crippen LogP contribution in [-0.4, -0.2) is 23.7 Å². The summed E-state index contributed by atoms with van der Waals surface area (Å²) in [7, 11) is 0. The normalized spacial score (nSPS) is 12.1. The summed E-state index contributed by atoms with van der Waals surface area (Å²) in [6.07, 6.45) is 0. The van der Waals surface area contributed by atoms with Crippen LogP contribution >= 0.6 is 22.7 Å². The standard InChI is InChI=1S/C50H29N3S.C42H25NO.C42H25NS/c1-2-14-30(15-3-1)48-37-21-8-11-23-42(37)51-50(52-48)53-43-24-12-9-22-38(43)47-46-35-19-6-4-16-32(35)39(29-41(46)33-17-5-7-20-36(33)49(47)53)31-26-27-45-40(28-31)34-18-10-13-25-44(34)54-45;2*1-2-12-27(13-3-1)43-37-20-10-8-19-33(37)41-40-31-17-6-4-14-28(31)34(25-36(40)29-15-5-7-18-32(29)42(41)43)26-22-23-39-35(24-26)30-16-9-11-21-38(30)44-39/h1-29H;2*1-25H. The van der Waals surface area contributed by atoms with Gasteiger partial charge in [-0.3, -0.25) is 4.57 Å². The fourth-order valence-corrected chi connectivity index (χ4v) is 26.0.